The zero-order valence-corrected chi connectivity index (χ0v) is 13.9. The molecule has 1 atom stereocenters. The molecule has 0 spiro atoms. The number of rotatable bonds is 6. The van der Waals surface area contributed by atoms with Crippen LogP contribution < -0.4 is 0 Å². The molecule has 1 aliphatic heterocycles. The molecule has 0 radical (unpaired) electrons. The predicted octanol–water partition coefficient (Wildman–Crippen LogP) is 1.94. The van der Waals surface area contributed by atoms with Gasteiger partial charge in [-0.2, -0.15) is 4.98 Å². The van der Waals surface area contributed by atoms with Gasteiger partial charge in [0.05, 0.1) is 25.8 Å². The van der Waals surface area contributed by atoms with Crippen LogP contribution in [0, 0.1) is 6.92 Å². The zero-order chi connectivity index (χ0) is 15.4. The summed E-state index contributed by atoms with van der Waals surface area (Å²) >= 11 is 1.82. The SMILES string of the molecule is Cc1noc(CN(C)C[C@H](c2cccs2)N2CCOCC2)n1. The minimum absolute atomic E-state index is 0.387. The fourth-order valence-electron chi connectivity index (χ4n) is 2.75. The average Bonchev–Trinajstić information content (AvgIpc) is 3.18. The van der Waals surface area contributed by atoms with E-state index in [0.717, 1.165) is 32.8 Å². The third kappa shape index (κ3) is 3.92. The Hall–Kier alpha value is -1.28. The summed E-state index contributed by atoms with van der Waals surface area (Å²) in [6.07, 6.45) is 0. The van der Waals surface area contributed by atoms with E-state index in [1.165, 1.54) is 4.88 Å². The van der Waals surface area contributed by atoms with Crippen LogP contribution in [0.15, 0.2) is 22.0 Å². The van der Waals surface area contributed by atoms with Crippen molar-refractivity contribution in [3.8, 4) is 0 Å². The number of ether oxygens (including phenoxy) is 1. The maximum atomic E-state index is 5.49. The first-order valence-corrected chi connectivity index (χ1v) is 8.43. The molecule has 120 valence electrons. The van der Waals surface area contributed by atoms with Crippen molar-refractivity contribution in [2.24, 2.45) is 0 Å². The van der Waals surface area contributed by atoms with Crippen LogP contribution in [0.25, 0.3) is 0 Å². The summed E-state index contributed by atoms with van der Waals surface area (Å²) in [6, 6.07) is 4.72. The fraction of sp³-hybridized carbons (Fsp3) is 0.600. The number of hydrogen-bond acceptors (Lipinski definition) is 7. The monoisotopic (exact) mass is 322 g/mol. The number of thiophene rings is 1. The van der Waals surface area contributed by atoms with Gasteiger partial charge in [-0.3, -0.25) is 9.80 Å². The van der Waals surface area contributed by atoms with Crippen molar-refractivity contribution < 1.29 is 9.26 Å². The molecule has 6 nitrogen and oxygen atoms in total. The lowest BCUT2D eigenvalue weighted by molar-refractivity contribution is 0.00908. The number of morpholine rings is 1. The Kier molecular flexibility index (Phi) is 5.20. The Morgan fingerprint density at radius 3 is 2.86 bits per heavy atom. The van der Waals surface area contributed by atoms with E-state index >= 15 is 0 Å². The standard InChI is InChI=1S/C15H22N4O2S/c1-12-16-15(21-17-12)11-18(2)10-13(14-4-3-9-22-14)19-5-7-20-8-6-19/h3-4,9,13H,5-8,10-11H2,1-2H3/t13-/m1/s1. The van der Waals surface area contributed by atoms with Crippen LogP contribution in [0.3, 0.4) is 0 Å². The Bertz CT molecular complexity index is 566. The topological polar surface area (TPSA) is 54.6 Å². The maximum Gasteiger partial charge on any atom is 0.240 e. The molecule has 0 bridgehead atoms. The first-order valence-electron chi connectivity index (χ1n) is 7.55. The maximum absolute atomic E-state index is 5.49. The summed E-state index contributed by atoms with van der Waals surface area (Å²) in [6.45, 7) is 7.04. The second kappa shape index (κ2) is 7.32. The molecular weight excluding hydrogens is 300 g/mol. The molecule has 1 fully saturated rings. The van der Waals surface area contributed by atoms with Crippen LogP contribution >= 0.6 is 11.3 Å². The van der Waals surface area contributed by atoms with E-state index in [-0.39, 0.29) is 0 Å². The summed E-state index contributed by atoms with van der Waals surface area (Å²) in [5.74, 6) is 1.36. The Morgan fingerprint density at radius 1 is 1.41 bits per heavy atom. The minimum Gasteiger partial charge on any atom is -0.379 e. The first-order chi connectivity index (χ1) is 10.7. The Labute approximate surface area is 134 Å². The van der Waals surface area contributed by atoms with E-state index in [4.69, 9.17) is 9.26 Å². The van der Waals surface area contributed by atoms with Gasteiger partial charge in [-0.25, -0.2) is 0 Å². The molecule has 0 N–H and O–H groups in total. The van der Waals surface area contributed by atoms with E-state index in [0.29, 0.717) is 24.3 Å². The van der Waals surface area contributed by atoms with Gasteiger partial charge in [-0.15, -0.1) is 11.3 Å². The Balaban J connectivity index is 1.66. The van der Waals surface area contributed by atoms with Gasteiger partial charge in [0, 0.05) is 24.5 Å². The van der Waals surface area contributed by atoms with Crippen molar-refractivity contribution in [1.82, 2.24) is 19.9 Å². The second-order valence-corrected chi connectivity index (χ2v) is 6.59. The van der Waals surface area contributed by atoms with Crippen LogP contribution in [0.4, 0.5) is 0 Å². The largest absolute Gasteiger partial charge is 0.379 e. The quantitative estimate of drug-likeness (QED) is 0.810. The zero-order valence-electron chi connectivity index (χ0n) is 13.1. The number of hydrogen-bond donors (Lipinski definition) is 0. The summed E-state index contributed by atoms with van der Waals surface area (Å²) in [7, 11) is 2.10. The molecule has 2 aromatic rings. The average molecular weight is 322 g/mol. The van der Waals surface area contributed by atoms with Crippen LogP contribution in [-0.4, -0.2) is 59.8 Å². The summed E-state index contributed by atoms with van der Waals surface area (Å²) < 4.78 is 10.7. The van der Waals surface area contributed by atoms with Crippen molar-refractivity contribution in [2.45, 2.75) is 19.5 Å². The molecular formula is C15H22N4O2S. The molecule has 0 amide bonds. The summed E-state index contributed by atoms with van der Waals surface area (Å²) in [5, 5.41) is 5.99. The van der Waals surface area contributed by atoms with Gasteiger partial charge >= 0.3 is 0 Å². The van der Waals surface area contributed by atoms with Gasteiger partial charge in [0.15, 0.2) is 5.82 Å². The minimum atomic E-state index is 0.387. The van der Waals surface area contributed by atoms with Crippen LogP contribution in [0.2, 0.25) is 0 Å². The molecule has 1 aliphatic rings. The van der Waals surface area contributed by atoms with Gasteiger partial charge in [0.1, 0.15) is 0 Å². The fourth-order valence-corrected chi connectivity index (χ4v) is 3.60. The normalized spacial score (nSPS) is 18.0. The molecule has 7 heteroatoms. The predicted molar refractivity (Wildman–Crippen MR) is 84.8 cm³/mol. The summed E-state index contributed by atoms with van der Waals surface area (Å²) in [4.78, 5) is 10.4. The van der Waals surface area contributed by atoms with Crippen molar-refractivity contribution >= 4 is 11.3 Å². The molecule has 0 aromatic carbocycles. The summed E-state index contributed by atoms with van der Waals surface area (Å²) in [5.41, 5.74) is 0. The number of likely N-dealkylation sites (N-methyl/N-ethyl adjacent to an activating group) is 1. The molecule has 1 saturated heterocycles. The third-order valence-corrected chi connectivity index (χ3v) is 4.79. The molecule has 3 heterocycles. The van der Waals surface area contributed by atoms with Crippen LogP contribution in [-0.2, 0) is 11.3 Å². The molecule has 0 aliphatic carbocycles. The van der Waals surface area contributed by atoms with Gasteiger partial charge in [-0.1, -0.05) is 11.2 Å². The van der Waals surface area contributed by atoms with Gasteiger partial charge in [0.2, 0.25) is 5.89 Å². The molecule has 2 aromatic heterocycles. The molecule has 3 rings (SSSR count). The van der Waals surface area contributed by atoms with E-state index in [1.807, 2.05) is 18.3 Å². The van der Waals surface area contributed by atoms with Crippen molar-refractivity contribution in [3.63, 3.8) is 0 Å². The van der Waals surface area contributed by atoms with Gasteiger partial charge < -0.3 is 9.26 Å². The highest BCUT2D eigenvalue weighted by Crippen LogP contribution is 2.27. The van der Waals surface area contributed by atoms with E-state index in [9.17, 15) is 0 Å². The number of aryl methyl sites for hydroxylation is 1. The smallest absolute Gasteiger partial charge is 0.240 e. The van der Waals surface area contributed by atoms with Crippen molar-refractivity contribution in [1.29, 1.82) is 0 Å². The lowest BCUT2D eigenvalue weighted by Gasteiger charge is -2.35. The highest BCUT2D eigenvalue weighted by molar-refractivity contribution is 7.10. The molecule has 0 saturated carbocycles. The van der Waals surface area contributed by atoms with Crippen LogP contribution in [0.1, 0.15) is 22.6 Å². The lowest BCUT2D eigenvalue weighted by Crippen LogP contribution is -2.42. The highest BCUT2D eigenvalue weighted by Gasteiger charge is 2.25. The van der Waals surface area contributed by atoms with E-state index < -0.39 is 0 Å². The van der Waals surface area contributed by atoms with E-state index in [1.54, 1.807) is 0 Å². The Morgan fingerprint density at radius 2 is 2.23 bits per heavy atom. The number of nitrogens with zero attached hydrogens (tertiary/aromatic N) is 4. The molecule has 22 heavy (non-hydrogen) atoms. The van der Waals surface area contributed by atoms with Gasteiger partial charge in [-0.05, 0) is 25.4 Å². The highest BCUT2D eigenvalue weighted by atomic mass is 32.1. The van der Waals surface area contributed by atoms with Crippen molar-refractivity contribution in [3.05, 3.63) is 34.1 Å². The van der Waals surface area contributed by atoms with Crippen molar-refractivity contribution in [2.75, 3.05) is 39.9 Å². The first kappa shape index (κ1) is 15.6. The second-order valence-electron chi connectivity index (χ2n) is 5.61. The van der Waals surface area contributed by atoms with E-state index in [2.05, 4.69) is 44.5 Å². The lowest BCUT2D eigenvalue weighted by atomic mass is 10.1. The van der Waals surface area contributed by atoms with Crippen LogP contribution in [0.5, 0.6) is 0 Å². The third-order valence-electron chi connectivity index (χ3n) is 3.82. The van der Waals surface area contributed by atoms with Gasteiger partial charge in [0.25, 0.3) is 0 Å². The molecule has 0 unspecified atom stereocenters. The number of aromatic nitrogens is 2.